The van der Waals surface area contributed by atoms with Crippen molar-refractivity contribution in [1.82, 2.24) is 4.98 Å². The zero-order valence-corrected chi connectivity index (χ0v) is 13.5. The summed E-state index contributed by atoms with van der Waals surface area (Å²) in [6, 6.07) is 8.84. The van der Waals surface area contributed by atoms with Crippen LogP contribution in [0.1, 0.15) is 31.7 Å². The molecule has 2 aromatic rings. The van der Waals surface area contributed by atoms with Crippen LogP contribution in [-0.2, 0) is 0 Å². The van der Waals surface area contributed by atoms with E-state index in [1.165, 1.54) is 12.5 Å². The van der Waals surface area contributed by atoms with Crippen molar-refractivity contribution in [2.75, 3.05) is 18.0 Å². The molecule has 0 N–H and O–H groups in total. The van der Waals surface area contributed by atoms with Crippen LogP contribution in [0, 0.1) is 17.7 Å². The second kappa shape index (κ2) is 5.52. The lowest BCUT2D eigenvalue weighted by Gasteiger charge is -2.19. The molecular formula is C19H21FN2O. The molecule has 2 heterocycles. The van der Waals surface area contributed by atoms with E-state index in [0.717, 1.165) is 30.7 Å². The predicted molar refractivity (Wildman–Crippen MR) is 88.6 cm³/mol. The molecule has 3 nitrogen and oxygen atoms in total. The predicted octanol–water partition coefficient (Wildman–Crippen LogP) is 4.59. The van der Waals surface area contributed by atoms with Crippen molar-refractivity contribution in [3.8, 4) is 11.5 Å². The van der Waals surface area contributed by atoms with Crippen molar-refractivity contribution in [3.63, 3.8) is 0 Å². The first-order chi connectivity index (χ1) is 11.1. The van der Waals surface area contributed by atoms with Crippen LogP contribution in [-0.4, -0.2) is 18.1 Å². The molecule has 0 amide bonds. The van der Waals surface area contributed by atoms with E-state index in [1.807, 2.05) is 32.0 Å². The minimum Gasteiger partial charge on any atom is -0.457 e. The lowest BCUT2D eigenvalue weighted by atomic mass is 10.0. The average Bonchev–Trinajstić information content (AvgIpc) is 3.13. The van der Waals surface area contributed by atoms with E-state index in [4.69, 9.17) is 4.74 Å². The van der Waals surface area contributed by atoms with Crippen LogP contribution in [0.3, 0.4) is 0 Å². The Kier molecular flexibility index (Phi) is 3.47. The summed E-state index contributed by atoms with van der Waals surface area (Å²) in [5, 5.41) is 0. The molecule has 2 atom stereocenters. The Bertz CT molecular complexity index is 721. The summed E-state index contributed by atoms with van der Waals surface area (Å²) in [4.78, 5) is 6.76. The van der Waals surface area contributed by atoms with Gasteiger partial charge in [0, 0.05) is 31.4 Å². The number of hydrogen-bond donors (Lipinski definition) is 0. The third kappa shape index (κ3) is 2.90. The van der Waals surface area contributed by atoms with E-state index in [1.54, 1.807) is 12.3 Å². The molecule has 0 radical (unpaired) electrons. The summed E-state index contributed by atoms with van der Waals surface area (Å²) in [5.41, 5.74) is 0.712. The van der Waals surface area contributed by atoms with E-state index >= 15 is 0 Å². The second-order valence-electron chi connectivity index (χ2n) is 6.95. The van der Waals surface area contributed by atoms with Crippen molar-refractivity contribution in [1.29, 1.82) is 0 Å². The van der Waals surface area contributed by atoms with Gasteiger partial charge in [-0.15, -0.1) is 0 Å². The van der Waals surface area contributed by atoms with Gasteiger partial charge in [-0.1, -0.05) is 19.9 Å². The lowest BCUT2D eigenvalue weighted by Crippen LogP contribution is -2.22. The van der Waals surface area contributed by atoms with Crippen LogP contribution in [0.5, 0.6) is 11.5 Å². The highest BCUT2D eigenvalue weighted by Crippen LogP contribution is 2.46. The molecule has 23 heavy (non-hydrogen) atoms. The van der Waals surface area contributed by atoms with Gasteiger partial charge in [-0.25, -0.2) is 9.37 Å². The van der Waals surface area contributed by atoms with E-state index < -0.39 is 0 Å². The lowest BCUT2D eigenvalue weighted by molar-refractivity contribution is 0.474. The van der Waals surface area contributed by atoms with Crippen molar-refractivity contribution >= 4 is 5.82 Å². The molecule has 2 fully saturated rings. The third-order valence-corrected chi connectivity index (χ3v) is 4.85. The maximum Gasteiger partial charge on any atom is 0.132 e. The Hall–Kier alpha value is -2.10. The summed E-state index contributed by atoms with van der Waals surface area (Å²) in [6.45, 7) is 6.15. The molecule has 120 valence electrons. The highest BCUT2D eigenvalue weighted by atomic mass is 19.1. The molecule has 1 aliphatic heterocycles. The fourth-order valence-electron chi connectivity index (χ4n) is 3.40. The average molecular weight is 312 g/mol. The monoisotopic (exact) mass is 312 g/mol. The van der Waals surface area contributed by atoms with Crippen LogP contribution >= 0.6 is 0 Å². The van der Waals surface area contributed by atoms with Crippen LogP contribution in [0.4, 0.5) is 10.2 Å². The maximum atomic E-state index is 14.1. The summed E-state index contributed by atoms with van der Waals surface area (Å²) in [7, 11) is 0. The van der Waals surface area contributed by atoms with Gasteiger partial charge in [-0.05, 0) is 41.9 Å². The first kappa shape index (κ1) is 14.5. The van der Waals surface area contributed by atoms with Crippen LogP contribution in [0.2, 0.25) is 0 Å². The Balaban J connectivity index is 1.51. The summed E-state index contributed by atoms with van der Waals surface area (Å²) in [5.74, 6) is 3.84. The zero-order chi connectivity index (χ0) is 16.0. The van der Waals surface area contributed by atoms with Crippen molar-refractivity contribution in [3.05, 3.63) is 47.9 Å². The molecule has 1 aromatic heterocycles. The fourth-order valence-corrected chi connectivity index (χ4v) is 3.40. The Morgan fingerprint density at radius 2 is 1.87 bits per heavy atom. The van der Waals surface area contributed by atoms with Crippen LogP contribution < -0.4 is 9.64 Å². The van der Waals surface area contributed by atoms with E-state index in [9.17, 15) is 4.39 Å². The number of halogens is 1. The summed E-state index contributed by atoms with van der Waals surface area (Å²) < 4.78 is 19.9. The van der Waals surface area contributed by atoms with Crippen molar-refractivity contribution < 1.29 is 9.13 Å². The quantitative estimate of drug-likeness (QED) is 0.825. The van der Waals surface area contributed by atoms with Gasteiger partial charge < -0.3 is 9.64 Å². The molecule has 4 heteroatoms. The highest BCUT2D eigenvalue weighted by Gasteiger charge is 2.45. The van der Waals surface area contributed by atoms with Gasteiger partial charge in [-0.3, -0.25) is 0 Å². The van der Waals surface area contributed by atoms with Crippen LogP contribution in [0.15, 0.2) is 36.5 Å². The molecule has 1 aromatic carbocycles. The third-order valence-electron chi connectivity index (χ3n) is 4.85. The van der Waals surface area contributed by atoms with Gasteiger partial charge in [0.1, 0.15) is 23.1 Å². The van der Waals surface area contributed by atoms with Gasteiger partial charge in [0.05, 0.1) is 0 Å². The molecule has 2 unspecified atom stereocenters. The Morgan fingerprint density at radius 1 is 1.13 bits per heavy atom. The topological polar surface area (TPSA) is 25.4 Å². The number of fused-ring (bicyclic) bond motifs is 1. The number of piperidine rings is 1. The van der Waals surface area contributed by atoms with Crippen molar-refractivity contribution in [2.24, 2.45) is 11.8 Å². The Labute approximate surface area is 136 Å². The van der Waals surface area contributed by atoms with Gasteiger partial charge in [0.25, 0.3) is 0 Å². The minimum absolute atomic E-state index is 0.165. The molecular weight excluding hydrogens is 291 g/mol. The molecule has 1 aliphatic carbocycles. The first-order valence-corrected chi connectivity index (χ1v) is 8.28. The molecule has 0 spiro atoms. The second-order valence-corrected chi connectivity index (χ2v) is 6.95. The number of nitrogens with zero attached hydrogens (tertiary/aromatic N) is 2. The number of anilines is 1. The number of hydrogen-bond acceptors (Lipinski definition) is 3. The normalized spacial score (nSPS) is 22.3. The van der Waals surface area contributed by atoms with Crippen LogP contribution in [0.25, 0.3) is 0 Å². The van der Waals surface area contributed by atoms with Gasteiger partial charge in [0.15, 0.2) is 0 Å². The number of benzene rings is 1. The molecule has 2 aliphatic rings. The number of rotatable bonds is 4. The minimum atomic E-state index is -0.216. The van der Waals surface area contributed by atoms with Gasteiger partial charge in [0.2, 0.25) is 0 Å². The first-order valence-electron chi connectivity index (χ1n) is 8.28. The maximum absolute atomic E-state index is 14.1. The molecule has 4 rings (SSSR count). The van der Waals surface area contributed by atoms with E-state index in [2.05, 4.69) is 9.88 Å². The largest absolute Gasteiger partial charge is 0.457 e. The smallest absolute Gasteiger partial charge is 0.132 e. The Morgan fingerprint density at radius 3 is 2.57 bits per heavy atom. The number of aromatic nitrogens is 1. The highest BCUT2D eigenvalue weighted by molar-refractivity contribution is 5.47. The standard InChI is InChI=1S/C19H21FN2O/c1-12(2)17-4-3-15(8-18(17)20)23-16-5-6-21-19(9-16)22-10-13-7-14(13)11-22/h3-6,8-9,12-14H,7,10-11H2,1-2H3. The summed E-state index contributed by atoms with van der Waals surface area (Å²) in [6.07, 6.45) is 3.13. The van der Waals surface area contributed by atoms with Crippen molar-refractivity contribution in [2.45, 2.75) is 26.2 Å². The summed E-state index contributed by atoms with van der Waals surface area (Å²) >= 11 is 0. The molecule has 1 saturated heterocycles. The van der Waals surface area contributed by atoms with Gasteiger partial charge in [-0.2, -0.15) is 0 Å². The molecule has 1 saturated carbocycles. The zero-order valence-electron chi connectivity index (χ0n) is 13.5. The molecule has 0 bridgehead atoms. The van der Waals surface area contributed by atoms with Gasteiger partial charge >= 0.3 is 0 Å². The van der Waals surface area contributed by atoms with E-state index in [0.29, 0.717) is 17.1 Å². The number of ether oxygens (including phenoxy) is 1. The van der Waals surface area contributed by atoms with E-state index in [-0.39, 0.29) is 11.7 Å². The SMILES string of the molecule is CC(C)c1ccc(Oc2ccnc(N3CC4CC4C3)c2)cc1F. The fraction of sp³-hybridized carbons (Fsp3) is 0.421. The number of pyridine rings is 1.